The highest BCUT2D eigenvalue weighted by Crippen LogP contribution is 2.30. The molecule has 152 valence electrons. The van der Waals surface area contributed by atoms with Crippen molar-refractivity contribution < 1.29 is 0 Å². The number of aromatic amines is 1. The summed E-state index contributed by atoms with van der Waals surface area (Å²) in [4.78, 5) is 26.3. The molecule has 0 atom stereocenters. The molecule has 0 radical (unpaired) electrons. The average Bonchev–Trinajstić information content (AvgIpc) is 3.21. The third-order valence-electron chi connectivity index (χ3n) is 5.67. The van der Waals surface area contributed by atoms with Gasteiger partial charge in [0.15, 0.2) is 0 Å². The quantitative estimate of drug-likeness (QED) is 0.535. The number of H-pyrrole nitrogens is 1. The van der Waals surface area contributed by atoms with Crippen molar-refractivity contribution in [1.29, 1.82) is 0 Å². The van der Waals surface area contributed by atoms with Crippen molar-refractivity contribution in [1.82, 2.24) is 19.8 Å². The van der Waals surface area contributed by atoms with Gasteiger partial charge in [0.1, 0.15) is 10.7 Å². The zero-order valence-corrected chi connectivity index (χ0v) is 17.6. The molecule has 2 aromatic carbocycles. The number of thiophene rings is 1. The van der Waals surface area contributed by atoms with Crippen molar-refractivity contribution in [2.45, 2.75) is 13.1 Å². The Labute approximate surface area is 179 Å². The van der Waals surface area contributed by atoms with Gasteiger partial charge in [-0.05, 0) is 11.1 Å². The first-order chi connectivity index (χ1) is 14.8. The van der Waals surface area contributed by atoms with Gasteiger partial charge < -0.3 is 4.98 Å². The highest BCUT2D eigenvalue weighted by Gasteiger charge is 2.19. The standard InChI is InChI=1S/C24H24N4OS/c29-23-22-20(19-9-5-2-6-10-19)17-30-24(22)26-21(25-23)16-28-13-11-27(12-14-28)15-18-7-3-1-4-8-18/h1-10,17H,11-16H2,(H,25,26,29). The van der Waals surface area contributed by atoms with Crippen molar-refractivity contribution in [2.75, 3.05) is 26.2 Å². The molecular formula is C24H24N4OS. The lowest BCUT2D eigenvalue weighted by Gasteiger charge is -2.34. The molecule has 1 saturated heterocycles. The maximum Gasteiger partial charge on any atom is 0.260 e. The Morgan fingerprint density at radius 1 is 0.867 bits per heavy atom. The van der Waals surface area contributed by atoms with E-state index in [-0.39, 0.29) is 5.56 Å². The lowest BCUT2D eigenvalue weighted by atomic mass is 10.1. The average molecular weight is 417 g/mol. The molecule has 1 aliphatic rings. The lowest BCUT2D eigenvalue weighted by molar-refractivity contribution is 0.120. The lowest BCUT2D eigenvalue weighted by Crippen LogP contribution is -2.45. The molecule has 0 spiro atoms. The van der Waals surface area contributed by atoms with Crippen LogP contribution < -0.4 is 5.56 Å². The van der Waals surface area contributed by atoms with Crippen LogP contribution in [0.1, 0.15) is 11.4 Å². The van der Waals surface area contributed by atoms with Crippen LogP contribution in [0.15, 0.2) is 70.8 Å². The molecule has 6 heteroatoms. The zero-order chi connectivity index (χ0) is 20.3. The van der Waals surface area contributed by atoms with Gasteiger partial charge in [-0.1, -0.05) is 60.7 Å². The second kappa shape index (κ2) is 8.52. The van der Waals surface area contributed by atoms with Gasteiger partial charge in [-0.2, -0.15) is 0 Å². The SMILES string of the molecule is O=c1[nH]c(CN2CCN(Cc3ccccc3)CC2)nc2scc(-c3ccccc3)c12. The van der Waals surface area contributed by atoms with Crippen LogP contribution in [0, 0.1) is 0 Å². The Hall–Kier alpha value is -2.80. The molecular weight excluding hydrogens is 392 g/mol. The minimum absolute atomic E-state index is 0.0437. The molecule has 0 unspecified atom stereocenters. The number of hydrogen-bond acceptors (Lipinski definition) is 5. The monoisotopic (exact) mass is 416 g/mol. The molecule has 3 heterocycles. The highest BCUT2D eigenvalue weighted by atomic mass is 32.1. The summed E-state index contributed by atoms with van der Waals surface area (Å²) in [5, 5.41) is 2.73. The predicted octanol–water partition coefficient (Wildman–Crippen LogP) is 3.97. The molecule has 5 rings (SSSR count). The van der Waals surface area contributed by atoms with Crippen LogP contribution in [0.5, 0.6) is 0 Å². The Kier molecular flexibility index (Phi) is 5.45. The summed E-state index contributed by atoms with van der Waals surface area (Å²) in [5.74, 6) is 0.755. The summed E-state index contributed by atoms with van der Waals surface area (Å²) in [6.45, 7) is 5.69. The van der Waals surface area contributed by atoms with Crippen LogP contribution in [-0.4, -0.2) is 45.9 Å². The van der Waals surface area contributed by atoms with E-state index in [1.165, 1.54) is 5.56 Å². The molecule has 1 N–H and O–H groups in total. The molecule has 1 fully saturated rings. The van der Waals surface area contributed by atoms with Crippen LogP contribution in [0.4, 0.5) is 0 Å². The van der Waals surface area contributed by atoms with Crippen LogP contribution in [0.3, 0.4) is 0 Å². The summed E-state index contributed by atoms with van der Waals surface area (Å²) < 4.78 is 0. The molecule has 0 saturated carbocycles. The molecule has 1 aliphatic heterocycles. The van der Waals surface area contributed by atoms with Gasteiger partial charge in [0.25, 0.3) is 5.56 Å². The molecule has 4 aromatic rings. The van der Waals surface area contributed by atoms with E-state index >= 15 is 0 Å². The van der Waals surface area contributed by atoms with E-state index in [1.54, 1.807) is 11.3 Å². The van der Waals surface area contributed by atoms with Crippen molar-refractivity contribution >= 4 is 21.6 Å². The summed E-state index contributed by atoms with van der Waals surface area (Å²) in [5.41, 5.74) is 3.33. The number of piperazine rings is 1. The number of nitrogens with one attached hydrogen (secondary N) is 1. The van der Waals surface area contributed by atoms with Crippen LogP contribution in [0.25, 0.3) is 21.3 Å². The van der Waals surface area contributed by atoms with E-state index in [0.717, 1.165) is 54.5 Å². The van der Waals surface area contributed by atoms with Gasteiger partial charge in [0.05, 0.1) is 11.9 Å². The minimum Gasteiger partial charge on any atom is -0.309 e. The number of aromatic nitrogens is 2. The Balaban J connectivity index is 1.27. The minimum atomic E-state index is -0.0437. The van der Waals surface area contributed by atoms with Crippen molar-refractivity contribution in [3.8, 4) is 11.1 Å². The van der Waals surface area contributed by atoms with Gasteiger partial charge in [-0.15, -0.1) is 11.3 Å². The van der Waals surface area contributed by atoms with E-state index in [0.29, 0.717) is 11.9 Å². The fraction of sp³-hybridized carbons (Fsp3) is 0.250. The normalized spacial score (nSPS) is 15.6. The molecule has 0 amide bonds. The van der Waals surface area contributed by atoms with Gasteiger partial charge in [-0.3, -0.25) is 14.6 Å². The van der Waals surface area contributed by atoms with E-state index in [4.69, 9.17) is 4.98 Å². The second-order valence-electron chi connectivity index (χ2n) is 7.75. The molecule has 0 aliphatic carbocycles. The first-order valence-corrected chi connectivity index (χ1v) is 11.2. The summed E-state index contributed by atoms with van der Waals surface area (Å²) >= 11 is 1.54. The summed E-state index contributed by atoms with van der Waals surface area (Å²) in [6.07, 6.45) is 0. The first-order valence-electron chi connectivity index (χ1n) is 10.3. The number of hydrogen-bond donors (Lipinski definition) is 1. The second-order valence-corrected chi connectivity index (χ2v) is 8.60. The van der Waals surface area contributed by atoms with Crippen molar-refractivity contribution in [3.63, 3.8) is 0 Å². The first kappa shape index (κ1) is 19.2. The topological polar surface area (TPSA) is 52.2 Å². The van der Waals surface area contributed by atoms with Crippen molar-refractivity contribution in [3.05, 3.63) is 87.8 Å². The third kappa shape index (κ3) is 4.07. The number of rotatable bonds is 5. The van der Waals surface area contributed by atoms with E-state index < -0.39 is 0 Å². The number of fused-ring (bicyclic) bond motifs is 1. The molecule has 5 nitrogen and oxygen atoms in total. The Morgan fingerprint density at radius 3 is 2.20 bits per heavy atom. The van der Waals surface area contributed by atoms with Gasteiger partial charge in [0.2, 0.25) is 0 Å². The summed E-state index contributed by atoms with van der Waals surface area (Å²) in [7, 11) is 0. The van der Waals surface area contributed by atoms with Gasteiger partial charge in [-0.25, -0.2) is 4.98 Å². The van der Waals surface area contributed by atoms with Gasteiger partial charge in [0, 0.05) is 43.7 Å². The molecule has 30 heavy (non-hydrogen) atoms. The zero-order valence-electron chi connectivity index (χ0n) is 16.8. The van der Waals surface area contributed by atoms with Crippen LogP contribution in [-0.2, 0) is 13.1 Å². The predicted molar refractivity (Wildman–Crippen MR) is 123 cm³/mol. The fourth-order valence-electron chi connectivity index (χ4n) is 4.06. The van der Waals surface area contributed by atoms with Crippen molar-refractivity contribution in [2.24, 2.45) is 0 Å². The fourth-order valence-corrected chi connectivity index (χ4v) is 5.02. The third-order valence-corrected chi connectivity index (χ3v) is 6.54. The number of benzene rings is 2. The largest absolute Gasteiger partial charge is 0.309 e. The van der Waals surface area contributed by atoms with Crippen LogP contribution in [0.2, 0.25) is 0 Å². The summed E-state index contributed by atoms with van der Waals surface area (Å²) in [6, 6.07) is 20.6. The highest BCUT2D eigenvalue weighted by molar-refractivity contribution is 7.17. The van der Waals surface area contributed by atoms with E-state index in [1.807, 2.05) is 35.7 Å². The molecule has 0 bridgehead atoms. The maximum absolute atomic E-state index is 12.8. The van der Waals surface area contributed by atoms with Gasteiger partial charge >= 0.3 is 0 Å². The van der Waals surface area contributed by atoms with Crippen LogP contribution >= 0.6 is 11.3 Å². The molecule has 2 aromatic heterocycles. The van der Waals surface area contributed by atoms with E-state index in [2.05, 4.69) is 45.1 Å². The van der Waals surface area contributed by atoms with E-state index in [9.17, 15) is 4.79 Å². The number of nitrogens with zero attached hydrogens (tertiary/aromatic N) is 3. The smallest absolute Gasteiger partial charge is 0.260 e. The Morgan fingerprint density at radius 2 is 1.50 bits per heavy atom. The maximum atomic E-state index is 12.8. The Bertz CT molecular complexity index is 1180.